The summed E-state index contributed by atoms with van der Waals surface area (Å²) in [7, 11) is 0. The third-order valence-corrected chi connectivity index (χ3v) is 4.06. The largest absolute Gasteiger partial charge is 0.397 e. The van der Waals surface area contributed by atoms with Gasteiger partial charge in [-0.05, 0) is 18.6 Å². The van der Waals surface area contributed by atoms with Crippen LogP contribution >= 0.6 is 0 Å². The van der Waals surface area contributed by atoms with Crippen LogP contribution in [0.2, 0.25) is 0 Å². The van der Waals surface area contributed by atoms with Crippen LogP contribution in [0.25, 0.3) is 11.8 Å². The van der Waals surface area contributed by atoms with Gasteiger partial charge in [0.2, 0.25) is 5.91 Å². The highest BCUT2D eigenvalue weighted by molar-refractivity contribution is 6.00. The van der Waals surface area contributed by atoms with Crippen molar-refractivity contribution in [1.82, 2.24) is 10.3 Å². The van der Waals surface area contributed by atoms with E-state index in [0.717, 1.165) is 11.1 Å². The Labute approximate surface area is 163 Å². The lowest BCUT2D eigenvalue weighted by Gasteiger charge is -2.10. The van der Waals surface area contributed by atoms with Crippen LogP contribution in [-0.2, 0) is 11.3 Å². The predicted molar refractivity (Wildman–Crippen MR) is 115 cm³/mol. The summed E-state index contributed by atoms with van der Waals surface area (Å²) in [5, 5.41) is 2.86. The summed E-state index contributed by atoms with van der Waals surface area (Å²) >= 11 is 0. The summed E-state index contributed by atoms with van der Waals surface area (Å²) in [6, 6.07) is 13.4. The van der Waals surface area contributed by atoms with Crippen molar-refractivity contribution in [1.29, 1.82) is 0 Å². The molecule has 4 heteroatoms. The van der Waals surface area contributed by atoms with Gasteiger partial charge in [0, 0.05) is 23.9 Å². The Kier molecular flexibility index (Phi) is 10.2. The molecule has 0 bridgehead atoms. The molecule has 0 saturated heterocycles. The number of amides is 1. The SMILES string of the molecule is C=Cc1cccnc1/C(N)=C(\C)C(=O)NCc1ccccc1.CCCCC. The van der Waals surface area contributed by atoms with Crippen LogP contribution < -0.4 is 11.1 Å². The van der Waals surface area contributed by atoms with Crippen LogP contribution in [0, 0.1) is 0 Å². The topological polar surface area (TPSA) is 68.0 Å². The van der Waals surface area contributed by atoms with Gasteiger partial charge in [0.1, 0.15) is 0 Å². The van der Waals surface area contributed by atoms with Crippen LogP contribution in [0.3, 0.4) is 0 Å². The summed E-state index contributed by atoms with van der Waals surface area (Å²) in [4.78, 5) is 16.5. The van der Waals surface area contributed by atoms with Gasteiger partial charge in [-0.25, -0.2) is 0 Å². The summed E-state index contributed by atoms with van der Waals surface area (Å²) in [6.07, 6.45) is 7.39. The predicted octanol–water partition coefficient (Wildman–Crippen LogP) is 4.93. The number of pyridine rings is 1. The molecule has 0 saturated carbocycles. The molecule has 0 aliphatic carbocycles. The number of unbranched alkanes of at least 4 members (excludes halogenated alkanes) is 2. The van der Waals surface area contributed by atoms with Crippen molar-refractivity contribution in [3.8, 4) is 0 Å². The van der Waals surface area contributed by atoms with Crippen LogP contribution in [0.1, 0.15) is 56.9 Å². The van der Waals surface area contributed by atoms with E-state index in [1.54, 1.807) is 25.3 Å². The summed E-state index contributed by atoms with van der Waals surface area (Å²) in [5.41, 5.74) is 9.31. The second kappa shape index (κ2) is 12.5. The van der Waals surface area contributed by atoms with Gasteiger partial charge < -0.3 is 11.1 Å². The van der Waals surface area contributed by atoms with Gasteiger partial charge in [0.05, 0.1) is 11.4 Å². The van der Waals surface area contributed by atoms with Crippen LogP contribution in [0.15, 0.2) is 60.8 Å². The number of aromatic nitrogens is 1. The highest BCUT2D eigenvalue weighted by atomic mass is 16.1. The fraction of sp³-hybridized carbons (Fsp3) is 0.304. The lowest BCUT2D eigenvalue weighted by Crippen LogP contribution is -2.25. The van der Waals surface area contributed by atoms with E-state index in [1.807, 2.05) is 36.4 Å². The number of carbonyl (C=O) groups is 1. The Morgan fingerprint density at radius 2 is 1.81 bits per heavy atom. The van der Waals surface area contributed by atoms with Gasteiger partial charge in [0.15, 0.2) is 0 Å². The monoisotopic (exact) mass is 365 g/mol. The Hall–Kier alpha value is -2.88. The summed E-state index contributed by atoms with van der Waals surface area (Å²) in [6.45, 7) is 10.3. The van der Waals surface area contributed by atoms with Gasteiger partial charge in [-0.1, -0.05) is 82.2 Å². The molecule has 0 spiro atoms. The van der Waals surface area contributed by atoms with E-state index in [2.05, 4.69) is 30.7 Å². The van der Waals surface area contributed by atoms with Crippen molar-refractivity contribution in [2.24, 2.45) is 5.73 Å². The second-order valence-corrected chi connectivity index (χ2v) is 6.21. The quantitative estimate of drug-likeness (QED) is 0.684. The number of benzene rings is 1. The Morgan fingerprint density at radius 3 is 2.37 bits per heavy atom. The number of carbonyl (C=O) groups excluding carboxylic acids is 1. The lowest BCUT2D eigenvalue weighted by atomic mass is 10.1. The molecule has 1 aromatic carbocycles. The second-order valence-electron chi connectivity index (χ2n) is 6.21. The summed E-state index contributed by atoms with van der Waals surface area (Å²) < 4.78 is 0. The smallest absolute Gasteiger partial charge is 0.249 e. The molecule has 144 valence electrons. The van der Waals surface area contributed by atoms with Crippen molar-refractivity contribution in [3.63, 3.8) is 0 Å². The molecule has 0 aliphatic rings. The normalized spacial score (nSPS) is 10.9. The molecule has 2 aromatic rings. The molecule has 0 atom stereocenters. The fourth-order valence-electron chi connectivity index (χ4n) is 2.37. The Bertz CT molecular complexity index is 749. The standard InChI is InChI=1S/C18H19N3O.C5H12/c1-3-15-10-7-11-20-17(15)16(19)13(2)18(22)21-12-14-8-5-4-6-9-14;1-3-5-4-2/h3-11H,1,12,19H2,2H3,(H,21,22);3-5H2,1-2H3/b16-13-;. The third kappa shape index (κ3) is 7.48. The number of nitrogens with zero attached hydrogens (tertiary/aromatic N) is 1. The molecule has 0 fully saturated rings. The van der Waals surface area contributed by atoms with E-state index in [4.69, 9.17) is 5.73 Å². The van der Waals surface area contributed by atoms with Gasteiger partial charge in [-0.15, -0.1) is 0 Å². The number of hydrogen-bond acceptors (Lipinski definition) is 3. The molecule has 1 aromatic heterocycles. The molecule has 0 unspecified atom stereocenters. The van der Waals surface area contributed by atoms with Gasteiger partial charge >= 0.3 is 0 Å². The minimum absolute atomic E-state index is 0.206. The molecule has 1 amide bonds. The molecular formula is C23H31N3O. The zero-order valence-electron chi connectivity index (χ0n) is 16.7. The first-order valence-electron chi connectivity index (χ1n) is 9.41. The zero-order chi connectivity index (χ0) is 20.1. The number of hydrogen-bond donors (Lipinski definition) is 2. The molecule has 2 rings (SSSR count). The van der Waals surface area contributed by atoms with E-state index in [1.165, 1.54) is 19.3 Å². The Balaban J connectivity index is 0.000000646. The number of nitrogens with two attached hydrogens (primary N) is 1. The average molecular weight is 366 g/mol. The Morgan fingerprint density at radius 1 is 1.15 bits per heavy atom. The van der Waals surface area contributed by atoms with Crippen molar-refractivity contribution in [2.75, 3.05) is 0 Å². The minimum Gasteiger partial charge on any atom is -0.397 e. The fourth-order valence-corrected chi connectivity index (χ4v) is 2.37. The molecule has 1 heterocycles. The molecule has 0 radical (unpaired) electrons. The summed E-state index contributed by atoms with van der Waals surface area (Å²) in [5.74, 6) is -0.206. The maximum Gasteiger partial charge on any atom is 0.249 e. The molecule has 3 N–H and O–H groups in total. The first-order valence-corrected chi connectivity index (χ1v) is 9.41. The average Bonchev–Trinajstić information content (AvgIpc) is 2.72. The maximum atomic E-state index is 12.2. The third-order valence-electron chi connectivity index (χ3n) is 4.06. The maximum absolute atomic E-state index is 12.2. The van der Waals surface area contributed by atoms with E-state index in [-0.39, 0.29) is 5.91 Å². The van der Waals surface area contributed by atoms with Crippen LogP contribution in [0.5, 0.6) is 0 Å². The lowest BCUT2D eigenvalue weighted by molar-refractivity contribution is -0.117. The minimum atomic E-state index is -0.206. The van der Waals surface area contributed by atoms with E-state index in [0.29, 0.717) is 23.5 Å². The molecule has 27 heavy (non-hydrogen) atoms. The molecular weight excluding hydrogens is 334 g/mol. The van der Waals surface area contributed by atoms with Crippen LogP contribution in [-0.4, -0.2) is 10.9 Å². The highest BCUT2D eigenvalue weighted by Crippen LogP contribution is 2.17. The highest BCUT2D eigenvalue weighted by Gasteiger charge is 2.12. The van der Waals surface area contributed by atoms with Crippen molar-refractivity contribution >= 4 is 17.7 Å². The van der Waals surface area contributed by atoms with Crippen molar-refractivity contribution in [2.45, 2.75) is 46.6 Å². The zero-order valence-corrected chi connectivity index (χ0v) is 16.7. The number of nitrogens with one attached hydrogen (secondary N) is 1. The first kappa shape index (κ1) is 22.2. The number of rotatable bonds is 7. The van der Waals surface area contributed by atoms with Crippen LogP contribution in [0.4, 0.5) is 0 Å². The van der Waals surface area contributed by atoms with Crippen molar-refractivity contribution < 1.29 is 4.79 Å². The first-order chi connectivity index (χ1) is 13.0. The van der Waals surface area contributed by atoms with Gasteiger partial charge in [-0.2, -0.15) is 0 Å². The van der Waals surface area contributed by atoms with E-state index >= 15 is 0 Å². The van der Waals surface area contributed by atoms with Gasteiger partial charge in [0.25, 0.3) is 0 Å². The molecule has 0 aliphatic heterocycles. The van der Waals surface area contributed by atoms with Crippen molar-refractivity contribution in [3.05, 3.63) is 77.6 Å². The molecule has 4 nitrogen and oxygen atoms in total. The van der Waals surface area contributed by atoms with E-state index < -0.39 is 0 Å². The van der Waals surface area contributed by atoms with E-state index in [9.17, 15) is 4.79 Å². The van der Waals surface area contributed by atoms with Gasteiger partial charge in [-0.3, -0.25) is 9.78 Å².